The van der Waals surface area contributed by atoms with Crippen LogP contribution in [0.2, 0.25) is 0 Å². The highest BCUT2D eigenvalue weighted by atomic mass is 16.2. The molecule has 0 bridgehead atoms. The van der Waals surface area contributed by atoms with E-state index in [1.54, 1.807) is 35.0 Å². The number of carbonyl (C=O) groups excluding carboxylic acids is 2. The van der Waals surface area contributed by atoms with Crippen molar-refractivity contribution >= 4 is 23.0 Å². The highest BCUT2D eigenvalue weighted by Gasteiger charge is 2.22. The number of amides is 2. The Balaban J connectivity index is 1.62. The molecule has 7 nitrogen and oxygen atoms in total. The number of hydrogen-bond acceptors (Lipinski definition) is 4. The first-order valence-electron chi connectivity index (χ1n) is 9.57. The van der Waals surface area contributed by atoms with Gasteiger partial charge in [-0.05, 0) is 55.3 Å². The molecule has 4 aromatic rings. The minimum atomic E-state index is -0.381. The van der Waals surface area contributed by atoms with Crippen LogP contribution in [0.15, 0.2) is 67.0 Å². The summed E-state index contributed by atoms with van der Waals surface area (Å²) in [4.78, 5) is 34.3. The standard InChI is InChI=1S/C23H21N5O2/c1-15-9-10-16(2)18(13-15)26-23(30)21-27-20(19-8-4-6-12-28(19)21)22(29)25-14-17-7-3-5-11-24-17/h3-13H,14H2,1-2H3,(H,25,29)(H,26,30). The molecule has 150 valence electrons. The molecule has 4 rings (SSSR count). The van der Waals surface area contributed by atoms with Gasteiger partial charge in [-0.15, -0.1) is 0 Å². The number of rotatable bonds is 5. The second-order valence-corrected chi connectivity index (χ2v) is 7.02. The Morgan fingerprint density at radius 3 is 2.63 bits per heavy atom. The van der Waals surface area contributed by atoms with Crippen LogP contribution in [-0.2, 0) is 6.54 Å². The van der Waals surface area contributed by atoms with E-state index in [1.807, 2.05) is 50.2 Å². The van der Waals surface area contributed by atoms with Crippen molar-refractivity contribution in [2.75, 3.05) is 5.32 Å². The summed E-state index contributed by atoms with van der Waals surface area (Å²) in [5.41, 5.74) is 4.19. The van der Waals surface area contributed by atoms with Crippen LogP contribution in [0.1, 0.15) is 37.9 Å². The van der Waals surface area contributed by atoms with E-state index in [4.69, 9.17) is 0 Å². The van der Waals surface area contributed by atoms with Gasteiger partial charge in [-0.3, -0.25) is 19.0 Å². The lowest BCUT2D eigenvalue weighted by molar-refractivity contribution is 0.0947. The first-order valence-corrected chi connectivity index (χ1v) is 9.57. The van der Waals surface area contributed by atoms with E-state index in [0.717, 1.165) is 16.8 Å². The smallest absolute Gasteiger partial charge is 0.292 e. The van der Waals surface area contributed by atoms with Crippen LogP contribution in [0.4, 0.5) is 5.69 Å². The summed E-state index contributed by atoms with van der Waals surface area (Å²) in [5, 5.41) is 5.72. The third-order valence-electron chi connectivity index (χ3n) is 4.76. The molecule has 0 spiro atoms. The molecule has 0 atom stereocenters. The number of aromatic nitrogens is 3. The summed E-state index contributed by atoms with van der Waals surface area (Å²) in [7, 11) is 0. The topological polar surface area (TPSA) is 88.4 Å². The van der Waals surface area contributed by atoms with Crippen molar-refractivity contribution in [1.29, 1.82) is 0 Å². The second kappa shape index (κ2) is 8.16. The Morgan fingerprint density at radius 1 is 1.00 bits per heavy atom. The van der Waals surface area contributed by atoms with Gasteiger partial charge >= 0.3 is 0 Å². The monoisotopic (exact) mass is 399 g/mol. The maximum Gasteiger partial charge on any atom is 0.292 e. The van der Waals surface area contributed by atoms with Crippen molar-refractivity contribution in [3.05, 3.63) is 95.3 Å². The highest BCUT2D eigenvalue weighted by molar-refractivity contribution is 6.06. The molecule has 2 amide bonds. The van der Waals surface area contributed by atoms with Gasteiger partial charge in [0.25, 0.3) is 11.8 Å². The minimum Gasteiger partial charge on any atom is -0.345 e. The van der Waals surface area contributed by atoms with Crippen molar-refractivity contribution in [2.45, 2.75) is 20.4 Å². The molecular weight excluding hydrogens is 378 g/mol. The molecule has 0 saturated carbocycles. The zero-order chi connectivity index (χ0) is 21.1. The van der Waals surface area contributed by atoms with E-state index < -0.39 is 0 Å². The molecule has 0 unspecified atom stereocenters. The first-order chi connectivity index (χ1) is 14.5. The van der Waals surface area contributed by atoms with Crippen LogP contribution in [0.25, 0.3) is 5.52 Å². The van der Waals surface area contributed by atoms with Gasteiger partial charge < -0.3 is 10.6 Å². The van der Waals surface area contributed by atoms with Crippen LogP contribution in [0, 0.1) is 13.8 Å². The maximum atomic E-state index is 13.0. The van der Waals surface area contributed by atoms with E-state index in [0.29, 0.717) is 11.2 Å². The van der Waals surface area contributed by atoms with Crippen LogP contribution in [0.5, 0.6) is 0 Å². The Morgan fingerprint density at radius 2 is 1.83 bits per heavy atom. The molecule has 2 N–H and O–H groups in total. The molecule has 0 saturated heterocycles. The van der Waals surface area contributed by atoms with E-state index in [2.05, 4.69) is 20.6 Å². The highest BCUT2D eigenvalue weighted by Crippen LogP contribution is 2.19. The number of nitrogens with one attached hydrogen (secondary N) is 2. The molecule has 0 aliphatic heterocycles. The summed E-state index contributed by atoms with van der Waals surface area (Å²) in [5.74, 6) is -0.599. The van der Waals surface area contributed by atoms with Crippen molar-refractivity contribution < 1.29 is 9.59 Å². The normalized spacial score (nSPS) is 10.7. The van der Waals surface area contributed by atoms with Gasteiger partial charge in [-0.2, -0.15) is 0 Å². The number of imidazole rings is 1. The largest absolute Gasteiger partial charge is 0.345 e. The number of aryl methyl sites for hydroxylation is 2. The van der Waals surface area contributed by atoms with Gasteiger partial charge in [0.05, 0.1) is 17.8 Å². The molecule has 3 aromatic heterocycles. The van der Waals surface area contributed by atoms with E-state index in [9.17, 15) is 9.59 Å². The van der Waals surface area contributed by atoms with Crippen LogP contribution in [-0.4, -0.2) is 26.2 Å². The second-order valence-electron chi connectivity index (χ2n) is 7.02. The molecule has 0 fully saturated rings. The lowest BCUT2D eigenvalue weighted by Gasteiger charge is -2.08. The predicted octanol–water partition coefficient (Wildman–Crippen LogP) is 3.53. The molecule has 0 aliphatic rings. The average Bonchev–Trinajstić information content (AvgIpc) is 3.15. The Hall–Kier alpha value is -4.00. The third kappa shape index (κ3) is 3.91. The lowest BCUT2D eigenvalue weighted by Crippen LogP contribution is -2.24. The van der Waals surface area contributed by atoms with E-state index in [1.165, 1.54) is 0 Å². The number of benzene rings is 1. The number of carbonyl (C=O) groups is 2. The molecule has 30 heavy (non-hydrogen) atoms. The summed E-state index contributed by atoms with van der Waals surface area (Å²) >= 11 is 0. The predicted molar refractivity (Wildman–Crippen MR) is 114 cm³/mol. The fourth-order valence-corrected chi connectivity index (χ4v) is 3.17. The fourth-order valence-electron chi connectivity index (χ4n) is 3.17. The third-order valence-corrected chi connectivity index (χ3v) is 4.76. The lowest BCUT2D eigenvalue weighted by atomic mass is 10.1. The molecule has 1 aromatic carbocycles. The SMILES string of the molecule is Cc1ccc(C)c(NC(=O)c2nc(C(=O)NCc3ccccn3)c3ccccn23)c1. The van der Waals surface area contributed by atoms with Crippen LogP contribution in [0.3, 0.4) is 0 Å². The molecule has 7 heteroatoms. The molecule has 3 heterocycles. The van der Waals surface area contributed by atoms with Gasteiger partial charge in [0, 0.05) is 18.1 Å². The van der Waals surface area contributed by atoms with Gasteiger partial charge in [-0.1, -0.05) is 24.3 Å². The van der Waals surface area contributed by atoms with Gasteiger partial charge in [0.2, 0.25) is 5.82 Å². The number of nitrogens with zero attached hydrogens (tertiary/aromatic N) is 3. The number of fused-ring (bicyclic) bond motifs is 1. The molecule has 0 radical (unpaired) electrons. The Bertz CT molecular complexity index is 1230. The quantitative estimate of drug-likeness (QED) is 0.537. The summed E-state index contributed by atoms with van der Waals surface area (Å²) in [6, 6.07) is 16.7. The van der Waals surface area contributed by atoms with Crippen molar-refractivity contribution in [3.63, 3.8) is 0 Å². The summed E-state index contributed by atoms with van der Waals surface area (Å²) in [6.45, 7) is 4.16. The zero-order valence-corrected chi connectivity index (χ0v) is 16.7. The van der Waals surface area contributed by atoms with Crippen molar-refractivity contribution in [3.8, 4) is 0 Å². The van der Waals surface area contributed by atoms with E-state index >= 15 is 0 Å². The average molecular weight is 399 g/mol. The summed E-state index contributed by atoms with van der Waals surface area (Å²) < 4.78 is 1.62. The van der Waals surface area contributed by atoms with Crippen molar-refractivity contribution in [1.82, 2.24) is 19.7 Å². The molecule has 0 aliphatic carbocycles. The minimum absolute atomic E-state index is 0.148. The number of pyridine rings is 2. The van der Waals surface area contributed by atoms with Gasteiger partial charge in [-0.25, -0.2) is 4.98 Å². The maximum absolute atomic E-state index is 13.0. The summed E-state index contributed by atoms with van der Waals surface area (Å²) in [6.07, 6.45) is 3.39. The Kier molecular flexibility index (Phi) is 5.26. The van der Waals surface area contributed by atoms with Crippen LogP contribution >= 0.6 is 0 Å². The zero-order valence-electron chi connectivity index (χ0n) is 16.7. The first kappa shape index (κ1) is 19.3. The molecular formula is C23H21N5O2. The fraction of sp³-hybridized carbons (Fsp3) is 0.130. The van der Waals surface area contributed by atoms with Gasteiger partial charge in [0.15, 0.2) is 5.69 Å². The van der Waals surface area contributed by atoms with Crippen LogP contribution < -0.4 is 10.6 Å². The van der Waals surface area contributed by atoms with Gasteiger partial charge in [0.1, 0.15) is 0 Å². The number of anilines is 1. The van der Waals surface area contributed by atoms with E-state index in [-0.39, 0.29) is 29.9 Å². The number of hydrogen-bond donors (Lipinski definition) is 2. The van der Waals surface area contributed by atoms with Crippen molar-refractivity contribution in [2.24, 2.45) is 0 Å². The Labute approximate surface area is 173 Å².